The van der Waals surface area contributed by atoms with Gasteiger partial charge in [0.2, 0.25) is 0 Å². The number of benzene rings is 2. The molecule has 26 heavy (non-hydrogen) atoms. The molecule has 2 unspecified atom stereocenters. The molecular formula is C21H20Cl2O3. The van der Waals surface area contributed by atoms with Crippen LogP contribution >= 0.6 is 23.2 Å². The zero-order valence-corrected chi connectivity index (χ0v) is 16.1. The maximum Gasteiger partial charge on any atom is 0.311 e. The minimum Gasteiger partial charge on any atom is -0.481 e. The molecule has 1 fully saturated rings. The predicted octanol–water partition coefficient (Wildman–Crippen LogP) is 6.07. The Morgan fingerprint density at radius 3 is 2.38 bits per heavy atom. The van der Waals surface area contributed by atoms with E-state index < -0.39 is 16.8 Å². The van der Waals surface area contributed by atoms with E-state index in [0.29, 0.717) is 12.2 Å². The maximum atomic E-state index is 12.1. The number of rotatable bonds is 6. The zero-order chi connectivity index (χ0) is 18.9. The minimum atomic E-state index is -0.937. The van der Waals surface area contributed by atoms with Crippen molar-refractivity contribution in [2.24, 2.45) is 16.7 Å². The van der Waals surface area contributed by atoms with E-state index in [0.717, 1.165) is 11.3 Å². The van der Waals surface area contributed by atoms with Gasteiger partial charge in [-0.3, -0.25) is 4.79 Å². The van der Waals surface area contributed by atoms with E-state index in [4.69, 9.17) is 27.9 Å². The van der Waals surface area contributed by atoms with Gasteiger partial charge in [-0.1, -0.05) is 67.4 Å². The van der Waals surface area contributed by atoms with Crippen molar-refractivity contribution in [2.45, 2.75) is 20.3 Å². The first-order valence-electron chi connectivity index (χ1n) is 8.35. The van der Waals surface area contributed by atoms with Crippen molar-refractivity contribution in [1.29, 1.82) is 0 Å². The molecule has 136 valence electrons. The average Bonchev–Trinajstić information content (AvgIpc) is 3.03. The van der Waals surface area contributed by atoms with E-state index in [1.807, 2.05) is 68.4 Å². The van der Waals surface area contributed by atoms with E-state index >= 15 is 0 Å². The van der Waals surface area contributed by atoms with E-state index in [2.05, 4.69) is 0 Å². The van der Waals surface area contributed by atoms with Gasteiger partial charge in [-0.15, -0.1) is 0 Å². The highest BCUT2D eigenvalue weighted by Crippen LogP contribution is 2.71. The molecule has 0 aliphatic heterocycles. The number of ether oxygens (including phenoxy) is 1. The molecule has 0 aromatic heterocycles. The van der Waals surface area contributed by atoms with Gasteiger partial charge in [0.15, 0.2) is 0 Å². The van der Waals surface area contributed by atoms with Gasteiger partial charge < -0.3 is 9.84 Å². The third-order valence-corrected chi connectivity index (χ3v) is 5.66. The summed E-state index contributed by atoms with van der Waals surface area (Å²) in [7, 11) is 0. The van der Waals surface area contributed by atoms with Gasteiger partial charge in [0.05, 0.1) is 5.41 Å². The molecule has 1 aliphatic carbocycles. The second-order valence-corrected chi connectivity index (χ2v) is 8.18. The van der Waals surface area contributed by atoms with Gasteiger partial charge in [-0.2, -0.15) is 0 Å². The highest BCUT2D eigenvalue weighted by molar-refractivity contribution is 6.55. The number of para-hydroxylation sites is 1. The van der Waals surface area contributed by atoms with Crippen molar-refractivity contribution in [3.63, 3.8) is 0 Å². The second-order valence-electron chi connectivity index (χ2n) is 7.17. The molecule has 1 saturated carbocycles. The SMILES string of the molecule is CC1(C)C(C=C(Cl)Cl)C1(Cc1cccc(Oc2ccccc2)c1)C(=O)O. The van der Waals surface area contributed by atoms with Crippen molar-refractivity contribution in [3.8, 4) is 11.5 Å². The smallest absolute Gasteiger partial charge is 0.311 e. The summed E-state index contributed by atoms with van der Waals surface area (Å²) < 4.78 is 5.96. The van der Waals surface area contributed by atoms with E-state index in [1.54, 1.807) is 6.08 Å². The molecule has 5 heteroatoms. The quantitative estimate of drug-likeness (QED) is 0.650. The molecule has 0 saturated heterocycles. The molecule has 2 aromatic rings. The Hall–Kier alpha value is -1.97. The molecule has 1 aliphatic rings. The molecule has 3 nitrogen and oxygen atoms in total. The topological polar surface area (TPSA) is 46.5 Å². The lowest BCUT2D eigenvalue weighted by Gasteiger charge is -2.16. The largest absolute Gasteiger partial charge is 0.481 e. The van der Waals surface area contributed by atoms with Crippen molar-refractivity contribution < 1.29 is 14.6 Å². The molecule has 0 radical (unpaired) electrons. The van der Waals surface area contributed by atoms with Crippen LogP contribution in [0.3, 0.4) is 0 Å². The van der Waals surface area contributed by atoms with Crippen LogP contribution in [0.1, 0.15) is 19.4 Å². The van der Waals surface area contributed by atoms with Crippen LogP contribution in [0.4, 0.5) is 0 Å². The summed E-state index contributed by atoms with van der Waals surface area (Å²) in [6, 6.07) is 17.0. The third-order valence-electron chi connectivity index (χ3n) is 5.41. The van der Waals surface area contributed by atoms with Crippen LogP contribution in [-0.4, -0.2) is 11.1 Å². The molecule has 2 aromatic carbocycles. The number of carboxylic acids is 1. The second kappa shape index (κ2) is 6.98. The fourth-order valence-electron chi connectivity index (χ4n) is 3.86. The van der Waals surface area contributed by atoms with Crippen LogP contribution in [0.15, 0.2) is 65.2 Å². The highest BCUT2D eigenvalue weighted by atomic mass is 35.5. The van der Waals surface area contributed by atoms with Crippen LogP contribution in [0, 0.1) is 16.7 Å². The Morgan fingerprint density at radius 1 is 1.12 bits per heavy atom. The van der Waals surface area contributed by atoms with Crippen molar-refractivity contribution in [1.82, 2.24) is 0 Å². The number of hydrogen-bond donors (Lipinski definition) is 1. The number of halogens is 2. The van der Waals surface area contributed by atoms with Gasteiger partial charge in [0.25, 0.3) is 0 Å². The van der Waals surface area contributed by atoms with E-state index in [9.17, 15) is 9.90 Å². The Kier molecular flexibility index (Phi) is 5.05. The van der Waals surface area contributed by atoms with Crippen LogP contribution in [0.2, 0.25) is 0 Å². The Labute approximate surface area is 163 Å². The third kappa shape index (κ3) is 3.34. The lowest BCUT2D eigenvalue weighted by atomic mass is 9.88. The monoisotopic (exact) mass is 390 g/mol. The summed E-state index contributed by atoms with van der Waals surface area (Å²) >= 11 is 11.6. The molecule has 1 N–H and O–H groups in total. The summed E-state index contributed by atoms with van der Waals surface area (Å²) in [6.07, 6.45) is 2.02. The standard InChI is InChI=1S/C21H20Cl2O3/c1-20(2)17(12-18(22)23)21(20,19(24)25)13-14-7-6-10-16(11-14)26-15-8-4-3-5-9-15/h3-12,17H,13H2,1-2H3,(H,24,25). The fourth-order valence-corrected chi connectivity index (χ4v) is 4.11. The Morgan fingerprint density at radius 2 is 1.77 bits per heavy atom. The fraction of sp³-hybridized carbons (Fsp3) is 0.286. The van der Waals surface area contributed by atoms with Gasteiger partial charge in [0.1, 0.15) is 16.0 Å². The zero-order valence-electron chi connectivity index (χ0n) is 14.6. The number of aliphatic carboxylic acids is 1. The van der Waals surface area contributed by atoms with Crippen molar-refractivity contribution >= 4 is 29.2 Å². The summed E-state index contributed by atoms with van der Waals surface area (Å²) in [5, 5.41) is 9.94. The highest BCUT2D eigenvalue weighted by Gasteiger charge is 2.74. The molecule has 0 bridgehead atoms. The molecule has 3 rings (SSSR count). The Balaban J connectivity index is 1.87. The first-order chi connectivity index (χ1) is 12.3. The Bertz CT molecular complexity index is 841. The molecule has 0 spiro atoms. The van der Waals surface area contributed by atoms with Gasteiger partial charge in [-0.25, -0.2) is 0 Å². The number of hydrogen-bond acceptors (Lipinski definition) is 2. The van der Waals surface area contributed by atoms with Crippen LogP contribution in [-0.2, 0) is 11.2 Å². The van der Waals surface area contributed by atoms with Crippen LogP contribution in [0.5, 0.6) is 11.5 Å². The van der Waals surface area contributed by atoms with Crippen molar-refractivity contribution in [2.75, 3.05) is 0 Å². The molecular weight excluding hydrogens is 371 g/mol. The van der Waals surface area contributed by atoms with Gasteiger partial charge in [-0.05, 0) is 47.7 Å². The number of allylic oxidation sites excluding steroid dienone is 1. The van der Waals surface area contributed by atoms with Gasteiger partial charge >= 0.3 is 5.97 Å². The maximum absolute atomic E-state index is 12.1. The summed E-state index contributed by atoms with van der Waals surface area (Å²) in [6.45, 7) is 3.87. The summed E-state index contributed by atoms with van der Waals surface area (Å²) in [5.41, 5.74) is -0.479. The van der Waals surface area contributed by atoms with Gasteiger partial charge in [0, 0.05) is 5.92 Å². The minimum absolute atomic E-state index is 0.104. The first-order valence-corrected chi connectivity index (χ1v) is 9.11. The van der Waals surface area contributed by atoms with E-state index in [1.165, 1.54) is 0 Å². The summed E-state index contributed by atoms with van der Waals surface area (Å²) in [4.78, 5) is 12.1. The summed E-state index contributed by atoms with van der Waals surface area (Å²) in [5.74, 6) is 0.346. The molecule has 0 amide bonds. The molecule has 2 atom stereocenters. The average molecular weight is 391 g/mol. The number of carboxylic acid groups (broad SMARTS) is 1. The van der Waals surface area contributed by atoms with Crippen molar-refractivity contribution in [3.05, 3.63) is 70.7 Å². The van der Waals surface area contributed by atoms with Crippen LogP contribution in [0.25, 0.3) is 0 Å². The normalized spacial score (nSPS) is 23.2. The lowest BCUT2D eigenvalue weighted by molar-refractivity contribution is -0.145. The first kappa shape index (κ1) is 18.8. The van der Waals surface area contributed by atoms with E-state index in [-0.39, 0.29) is 10.4 Å². The number of carbonyl (C=O) groups is 1. The molecule has 0 heterocycles. The predicted molar refractivity (Wildman–Crippen MR) is 104 cm³/mol. The lowest BCUT2D eigenvalue weighted by Crippen LogP contribution is -2.24. The van der Waals surface area contributed by atoms with Crippen LogP contribution < -0.4 is 4.74 Å².